The quantitative estimate of drug-likeness (QED) is 0.503. The van der Waals surface area contributed by atoms with Gasteiger partial charge in [-0.25, -0.2) is 0 Å². The molecule has 2 amide bonds. The van der Waals surface area contributed by atoms with E-state index in [9.17, 15) is 14.4 Å². The second-order valence-corrected chi connectivity index (χ2v) is 6.26. The summed E-state index contributed by atoms with van der Waals surface area (Å²) < 4.78 is 5.13. The molecule has 2 rings (SSSR count). The Balaban J connectivity index is 1.85. The predicted molar refractivity (Wildman–Crippen MR) is 97.1 cm³/mol. The zero-order valence-electron chi connectivity index (χ0n) is 15.2. The fourth-order valence-electron chi connectivity index (χ4n) is 2.77. The number of nitrogens with zero attached hydrogens (tertiary/aromatic N) is 1. The lowest BCUT2D eigenvalue weighted by Crippen LogP contribution is -2.59. The van der Waals surface area contributed by atoms with Crippen molar-refractivity contribution in [2.45, 2.75) is 38.8 Å². The van der Waals surface area contributed by atoms with Crippen LogP contribution in [0.25, 0.3) is 0 Å². The van der Waals surface area contributed by atoms with Crippen LogP contribution in [-0.4, -0.2) is 55.0 Å². The molecule has 7 nitrogen and oxygen atoms in total. The Morgan fingerprint density at radius 3 is 2.81 bits per heavy atom. The first kappa shape index (κ1) is 19.9. The van der Waals surface area contributed by atoms with Gasteiger partial charge >= 0.3 is 5.97 Å². The molecule has 1 aromatic rings. The predicted octanol–water partition coefficient (Wildman–Crippen LogP) is 0.837. The van der Waals surface area contributed by atoms with Gasteiger partial charge in [-0.05, 0) is 12.0 Å². The van der Waals surface area contributed by atoms with Crippen LogP contribution in [0.5, 0.6) is 0 Å². The molecular formula is C19H27N3O4. The second-order valence-electron chi connectivity index (χ2n) is 6.26. The number of ether oxygens (including phenoxy) is 1. The Hall–Kier alpha value is -2.41. The number of esters is 1. The van der Waals surface area contributed by atoms with E-state index in [-0.39, 0.29) is 24.8 Å². The molecule has 1 fully saturated rings. The van der Waals surface area contributed by atoms with Crippen molar-refractivity contribution < 1.29 is 19.1 Å². The number of carbonyl (C=O) groups is 3. The van der Waals surface area contributed by atoms with E-state index in [0.29, 0.717) is 26.2 Å². The van der Waals surface area contributed by atoms with Crippen LogP contribution in [0.2, 0.25) is 0 Å². The molecule has 0 radical (unpaired) electrons. The number of amides is 2. The summed E-state index contributed by atoms with van der Waals surface area (Å²) >= 11 is 0. The highest BCUT2D eigenvalue weighted by molar-refractivity contribution is 5.92. The van der Waals surface area contributed by atoms with E-state index in [0.717, 1.165) is 18.4 Å². The standard InChI is InChI=1S/C19H27N3O4/c1-2-3-11-26-18(24)12-16-19(25)21-9-10-22(16)17(23)14-20-13-15-7-5-4-6-8-15/h4-8,16,20H,2-3,9-14H2,1H3,(H,21,25). The monoisotopic (exact) mass is 361 g/mol. The van der Waals surface area contributed by atoms with Crippen molar-refractivity contribution in [1.29, 1.82) is 0 Å². The number of carbonyl (C=O) groups excluding carboxylic acids is 3. The maximum absolute atomic E-state index is 12.5. The zero-order chi connectivity index (χ0) is 18.8. The molecule has 142 valence electrons. The van der Waals surface area contributed by atoms with Crippen LogP contribution in [0.4, 0.5) is 0 Å². The zero-order valence-corrected chi connectivity index (χ0v) is 15.2. The van der Waals surface area contributed by atoms with E-state index < -0.39 is 12.0 Å². The molecule has 0 aromatic heterocycles. The summed E-state index contributed by atoms with van der Waals surface area (Å²) in [6.45, 7) is 3.82. The molecule has 26 heavy (non-hydrogen) atoms. The topological polar surface area (TPSA) is 87.7 Å². The maximum Gasteiger partial charge on any atom is 0.308 e. The first-order chi connectivity index (χ1) is 12.6. The average molecular weight is 361 g/mol. The third-order valence-electron chi connectivity index (χ3n) is 4.22. The minimum absolute atomic E-state index is 0.111. The third kappa shape index (κ3) is 6.15. The van der Waals surface area contributed by atoms with E-state index in [1.54, 1.807) is 0 Å². The van der Waals surface area contributed by atoms with E-state index in [1.807, 2.05) is 37.3 Å². The van der Waals surface area contributed by atoms with E-state index in [1.165, 1.54) is 4.90 Å². The molecule has 0 spiro atoms. The van der Waals surface area contributed by atoms with Crippen LogP contribution in [0, 0.1) is 0 Å². The van der Waals surface area contributed by atoms with Crippen LogP contribution in [0.15, 0.2) is 30.3 Å². The number of rotatable bonds is 9. The summed E-state index contributed by atoms with van der Waals surface area (Å²) in [4.78, 5) is 38.1. The fourth-order valence-corrected chi connectivity index (χ4v) is 2.77. The fraction of sp³-hybridized carbons (Fsp3) is 0.526. The number of unbranched alkanes of at least 4 members (excludes halogenated alkanes) is 1. The van der Waals surface area contributed by atoms with E-state index >= 15 is 0 Å². The highest BCUT2D eigenvalue weighted by atomic mass is 16.5. The summed E-state index contributed by atoms with van der Waals surface area (Å²) in [6, 6.07) is 8.96. The lowest BCUT2D eigenvalue weighted by atomic mass is 10.1. The normalized spacial score (nSPS) is 16.9. The molecule has 0 bridgehead atoms. The van der Waals surface area contributed by atoms with Gasteiger partial charge in [-0.3, -0.25) is 14.4 Å². The summed E-state index contributed by atoms with van der Waals surface area (Å²) in [7, 11) is 0. The van der Waals surface area contributed by atoms with Gasteiger partial charge < -0.3 is 20.3 Å². The molecule has 1 unspecified atom stereocenters. The molecule has 0 saturated carbocycles. The summed E-state index contributed by atoms with van der Waals surface area (Å²) in [6.07, 6.45) is 1.60. The largest absolute Gasteiger partial charge is 0.466 e. The van der Waals surface area contributed by atoms with Crippen molar-refractivity contribution in [3.63, 3.8) is 0 Å². The summed E-state index contributed by atoms with van der Waals surface area (Å²) in [5.41, 5.74) is 1.08. The van der Waals surface area contributed by atoms with Crippen molar-refractivity contribution in [2.24, 2.45) is 0 Å². The highest BCUT2D eigenvalue weighted by Gasteiger charge is 2.34. The lowest BCUT2D eigenvalue weighted by molar-refractivity contribution is -0.151. The SMILES string of the molecule is CCCCOC(=O)CC1C(=O)NCCN1C(=O)CNCc1ccccc1. The lowest BCUT2D eigenvalue weighted by Gasteiger charge is -2.34. The first-order valence-corrected chi connectivity index (χ1v) is 9.09. The average Bonchev–Trinajstić information content (AvgIpc) is 2.64. The molecule has 1 aliphatic heterocycles. The van der Waals surface area contributed by atoms with E-state index in [4.69, 9.17) is 4.74 Å². The molecule has 2 N–H and O–H groups in total. The number of hydrogen-bond acceptors (Lipinski definition) is 5. The Morgan fingerprint density at radius 1 is 1.31 bits per heavy atom. The molecular weight excluding hydrogens is 334 g/mol. The number of piperazine rings is 1. The van der Waals surface area contributed by atoms with Crippen LogP contribution < -0.4 is 10.6 Å². The third-order valence-corrected chi connectivity index (χ3v) is 4.22. The van der Waals surface area contributed by atoms with E-state index in [2.05, 4.69) is 10.6 Å². The highest BCUT2D eigenvalue weighted by Crippen LogP contribution is 2.11. The minimum Gasteiger partial charge on any atom is -0.466 e. The maximum atomic E-state index is 12.5. The Labute approximate surface area is 154 Å². The smallest absolute Gasteiger partial charge is 0.308 e. The van der Waals surface area contributed by atoms with Crippen LogP contribution in [0.1, 0.15) is 31.7 Å². The minimum atomic E-state index is -0.802. The van der Waals surface area contributed by atoms with Crippen molar-refractivity contribution in [2.75, 3.05) is 26.2 Å². The van der Waals surface area contributed by atoms with Gasteiger partial charge in [0.2, 0.25) is 11.8 Å². The molecule has 1 aromatic carbocycles. The van der Waals surface area contributed by atoms with Gasteiger partial charge in [0.1, 0.15) is 6.04 Å². The van der Waals surface area contributed by atoms with Gasteiger partial charge in [0, 0.05) is 19.6 Å². The number of benzene rings is 1. The van der Waals surface area contributed by atoms with Crippen LogP contribution >= 0.6 is 0 Å². The van der Waals surface area contributed by atoms with Crippen molar-refractivity contribution in [3.8, 4) is 0 Å². The molecule has 7 heteroatoms. The molecule has 1 aliphatic rings. The van der Waals surface area contributed by atoms with Crippen LogP contribution in [-0.2, 0) is 25.7 Å². The molecule has 1 saturated heterocycles. The van der Waals surface area contributed by atoms with Gasteiger partial charge in [0.25, 0.3) is 0 Å². The first-order valence-electron chi connectivity index (χ1n) is 9.09. The van der Waals surface area contributed by atoms with Crippen molar-refractivity contribution in [1.82, 2.24) is 15.5 Å². The summed E-state index contributed by atoms with van der Waals surface area (Å²) in [5.74, 6) is -0.946. The molecule has 1 atom stereocenters. The molecule has 1 heterocycles. The van der Waals surface area contributed by atoms with Gasteiger partial charge in [-0.2, -0.15) is 0 Å². The van der Waals surface area contributed by atoms with Gasteiger partial charge in [0.15, 0.2) is 0 Å². The Kier molecular flexibility index (Phi) is 8.08. The van der Waals surface area contributed by atoms with Crippen molar-refractivity contribution >= 4 is 17.8 Å². The van der Waals surface area contributed by atoms with Crippen molar-refractivity contribution in [3.05, 3.63) is 35.9 Å². The Morgan fingerprint density at radius 2 is 2.08 bits per heavy atom. The van der Waals surface area contributed by atoms with Gasteiger partial charge in [-0.1, -0.05) is 43.7 Å². The Bertz CT molecular complexity index is 606. The van der Waals surface area contributed by atoms with Gasteiger partial charge in [0.05, 0.1) is 19.6 Å². The number of hydrogen-bond donors (Lipinski definition) is 2. The van der Waals surface area contributed by atoms with Crippen LogP contribution in [0.3, 0.4) is 0 Å². The number of nitrogens with one attached hydrogen (secondary N) is 2. The summed E-state index contributed by atoms with van der Waals surface area (Å²) in [5, 5.41) is 5.80. The van der Waals surface area contributed by atoms with Gasteiger partial charge in [-0.15, -0.1) is 0 Å². The molecule has 0 aliphatic carbocycles. The second kappa shape index (κ2) is 10.6.